The number of thioether (sulfide) groups is 1. The van der Waals surface area contributed by atoms with Crippen LogP contribution in [-0.4, -0.2) is 10.9 Å². The summed E-state index contributed by atoms with van der Waals surface area (Å²) in [5.41, 5.74) is 1.89. The number of rotatable bonds is 3. The minimum Gasteiger partial charge on any atom is -0.282 e. The van der Waals surface area contributed by atoms with Gasteiger partial charge in [0, 0.05) is 5.57 Å². The van der Waals surface area contributed by atoms with Crippen molar-refractivity contribution < 1.29 is 4.79 Å². The summed E-state index contributed by atoms with van der Waals surface area (Å²) in [6.45, 7) is 3.84. The minimum atomic E-state index is 0.163. The van der Waals surface area contributed by atoms with E-state index in [-0.39, 0.29) is 5.12 Å². The lowest BCUT2D eigenvalue weighted by molar-refractivity contribution is -0.107. The molecule has 0 amide bonds. The lowest BCUT2D eigenvalue weighted by Gasteiger charge is -1.98. The molecule has 14 heavy (non-hydrogen) atoms. The van der Waals surface area contributed by atoms with Crippen molar-refractivity contribution >= 4 is 23.0 Å². The second-order valence-electron chi connectivity index (χ2n) is 2.96. The molecule has 1 rings (SSSR count). The number of hydrogen-bond acceptors (Lipinski definition) is 2. The number of hydrogen-bond donors (Lipinski definition) is 0. The maximum absolute atomic E-state index is 11.4. The highest BCUT2D eigenvalue weighted by Crippen LogP contribution is 2.13. The van der Waals surface area contributed by atoms with Crippen LogP contribution in [0.5, 0.6) is 0 Å². The average Bonchev–Trinajstić information content (AvgIpc) is 2.19. The first-order valence-electron chi connectivity index (χ1n) is 4.64. The molecule has 1 nitrogen and oxygen atoms in total. The Bertz CT molecular complexity index is 327. The van der Waals surface area contributed by atoms with Crippen LogP contribution in [-0.2, 0) is 4.79 Å². The molecule has 74 valence electrons. The Labute approximate surface area is 89.2 Å². The summed E-state index contributed by atoms with van der Waals surface area (Å²) < 4.78 is 0. The van der Waals surface area contributed by atoms with Crippen LogP contribution in [0.25, 0.3) is 6.08 Å². The van der Waals surface area contributed by atoms with Crippen LogP contribution in [0.3, 0.4) is 0 Å². The number of carbonyl (C=O) groups is 1. The van der Waals surface area contributed by atoms with E-state index in [2.05, 4.69) is 0 Å². The Morgan fingerprint density at radius 2 is 2.00 bits per heavy atom. The van der Waals surface area contributed by atoms with Crippen molar-refractivity contribution in [1.29, 1.82) is 0 Å². The van der Waals surface area contributed by atoms with E-state index in [0.29, 0.717) is 0 Å². The van der Waals surface area contributed by atoms with Crippen molar-refractivity contribution in [3.63, 3.8) is 0 Å². The molecule has 0 unspecified atom stereocenters. The molecule has 0 aliphatic heterocycles. The molecule has 0 heterocycles. The predicted molar refractivity (Wildman–Crippen MR) is 63.2 cm³/mol. The van der Waals surface area contributed by atoms with Crippen molar-refractivity contribution in [1.82, 2.24) is 0 Å². The van der Waals surface area contributed by atoms with Gasteiger partial charge in [-0.3, -0.25) is 4.79 Å². The molecule has 1 aromatic rings. The Balaban J connectivity index is 2.74. The van der Waals surface area contributed by atoms with E-state index in [4.69, 9.17) is 0 Å². The van der Waals surface area contributed by atoms with Gasteiger partial charge in [0.25, 0.3) is 0 Å². The largest absolute Gasteiger partial charge is 0.282 e. The zero-order chi connectivity index (χ0) is 10.4. The zero-order valence-electron chi connectivity index (χ0n) is 8.49. The smallest absolute Gasteiger partial charge is 0.215 e. The highest BCUT2D eigenvalue weighted by molar-refractivity contribution is 8.14. The summed E-state index contributed by atoms with van der Waals surface area (Å²) in [6, 6.07) is 9.89. The molecule has 0 aromatic heterocycles. The van der Waals surface area contributed by atoms with Crippen LogP contribution in [0.1, 0.15) is 19.4 Å². The first-order valence-corrected chi connectivity index (χ1v) is 5.63. The summed E-state index contributed by atoms with van der Waals surface area (Å²) in [7, 11) is 0. The van der Waals surface area contributed by atoms with Crippen LogP contribution in [0.2, 0.25) is 0 Å². The fourth-order valence-corrected chi connectivity index (χ4v) is 1.65. The minimum absolute atomic E-state index is 0.163. The lowest BCUT2D eigenvalue weighted by atomic mass is 10.1. The van der Waals surface area contributed by atoms with E-state index < -0.39 is 0 Å². The second-order valence-corrected chi connectivity index (χ2v) is 4.20. The van der Waals surface area contributed by atoms with Gasteiger partial charge in [0.05, 0.1) is 0 Å². The van der Waals surface area contributed by atoms with E-state index in [1.165, 1.54) is 11.8 Å². The highest BCUT2D eigenvalue weighted by atomic mass is 32.2. The zero-order valence-corrected chi connectivity index (χ0v) is 9.30. The fraction of sp³-hybridized carbons (Fsp3) is 0.250. The third kappa shape index (κ3) is 3.38. The molecule has 1 aromatic carbocycles. The molecule has 0 saturated carbocycles. The van der Waals surface area contributed by atoms with Crippen molar-refractivity contribution in [3.05, 3.63) is 41.5 Å². The van der Waals surface area contributed by atoms with Crippen LogP contribution in [0.15, 0.2) is 35.9 Å². The fourth-order valence-electron chi connectivity index (χ4n) is 1.10. The topological polar surface area (TPSA) is 17.1 Å². The Kier molecular flexibility index (Phi) is 4.47. The molecule has 0 radical (unpaired) electrons. The summed E-state index contributed by atoms with van der Waals surface area (Å²) in [5, 5.41) is 0.163. The molecule has 0 N–H and O–H groups in total. The number of carbonyl (C=O) groups excluding carboxylic acids is 1. The maximum Gasteiger partial charge on any atom is 0.215 e. The van der Waals surface area contributed by atoms with Crippen molar-refractivity contribution in [2.45, 2.75) is 13.8 Å². The third-order valence-electron chi connectivity index (χ3n) is 1.78. The molecule has 0 aliphatic carbocycles. The van der Waals surface area contributed by atoms with Crippen molar-refractivity contribution in [3.8, 4) is 0 Å². The monoisotopic (exact) mass is 206 g/mol. The van der Waals surface area contributed by atoms with Crippen LogP contribution in [0.4, 0.5) is 0 Å². The van der Waals surface area contributed by atoms with Crippen LogP contribution < -0.4 is 0 Å². The molecule has 0 fully saturated rings. The quantitative estimate of drug-likeness (QED) is 0.705. The second kappa shape index (κ2) is 5.66. The maximum atomic E-state index is 11.4. The van der Waals surface area contributed by atoms with Gasteiger partial charge in [0.2, 0.25) is 5.12 Å². The summed E-state index contributed by atoms with van der Waals surface area (Å²) in [5.74, 6) is 0.832. The standard InChI is InChI=1S/C12H14OS/c1-3-14-12(13)10(2)9-11-7-5-4-6-8-11/h4-9H,3H2,1-2H3/b10-9+. The van der Waals surface area contributed by atoms with E-state index in [0.717, 1.165) is 16.9 Å². The van der Waals surface area contributed by atoms with E-state index in [1.54, 1.807) is 0 Å². The average molecular weight is 206 g/mol. The van der Waals surface area contributed by atoms with Gasteiger partial charge < -0.3 is 0 Å². The van der Waals surface area contributed by atoms with E-state index in [9.17, 15) is 4.79 Å². The van der Waals surface area contributed by atoms with Crippen molar-refractivity contribution in [2.24, 2.45) is 0 Å². The van der Waals surface area contributed by atoms with Gasteiger partial charge in [-0.2, -0.15) is 0 Å². The lowest BCUT2D eigenvalue weighted by Crippen LogP contribution is -1.93. The normalized spacial score (nSPS) is 11.4. The molecule has 0 spiro atoms. The van der Waals surface area contributed by atoms with Gasteiger partial charge >= 0.3 is 0 Å². The Morgan fingerprint density at radius 1 is 1.36 bits per heavy atom. The van der Waals surface area contributed by atoms with Gasteiger partial charge in [0.15, 0.2) is 0 Å². The predicted octanol–water partition coefficient (Wildman–Crippen LogP) is 3.37. The van der Waals surface area contributed by atoms with Gasteiger partial charge in [-0.15, -0.1) is 0 Å². The van der Waals surface area contributed by atoms with Gasteiger partial charge in [-0.1, -0.05) is 49.0 Å². The number of benzene rings is 1. The highest BCUT2D eigenvalue weighted by Gasteiger charge is 2.02. The van der Waals surface area contributed by atoms with Gasteiger partial charge in [0.1, 0.15) is 0 Å². The summed E-state index contributed by atoms with van der Waals surface area (Å²) >= 11 is 1.35. The molecular weight excluding hydrogens is 192 g/mol. The van der Waals surface area contributed by atoms with Crippen LogP contribution >= 0.6 is 11.8 Å². The molecule has 0 atom stereocenters. The Morgan fingerprint density at radius 3 is 2.57 bits per heavy atom. The molecular formula is C12H14OS. The molecule has 2 heteroatoms. The first kappa shape index (κ1) is 11.1. The SMILES string of the molecule is CCSC(=O)/C(C)=C/c1ccccc1. The summed E-state index contributed by atoms with van der Waals surface area (Å²) in [4.78, 5) is 11.4. The Hall–Kier alpha value is -1.02. The summed E-state index contributed by atoms with van der Waals surface area (Å²) in [6.07, 6.45) is 1.92. The van der Waals surface area contributed by atoms with Crippen molar-refractivity contribution in [2.75, 3.05) is 5.75 Å². The third-order valence-corrected chi connectivity index (χ3v) is 2.65. The molecule has 0 saturated heterocycles. The van der Waals surface area contributed by atoms with E-state index in [1.807, 2.05) is 50.3 Å². The first-order chi connectivity index (χ1) is 6.74. The van der Waals surface area contributed by atoms with Crippen LogP contribution in [0, 0.1) is 0 Å². The van der Waals surface area contributed by atoms with Gasteiger partial charge in [-0.25, -0.2) is 0 Å². The van der Waals surface area contributed by atoms with E-state index >= 15 is 0 Å². The molecule has 0 bridgehead atoms. The van der Waals surface area contributed by atoms with Gasteiger partial charge in [-0.05, 0) is 24.3 Å². The molecule has 0 aliphatic rings.